The molecule has 1 amide bonds. The second-order valence-corrected chi connectivity index (χ2v) is 17.2. The van der Waals surface area contributed by atoms with Gasteiger partial charge in [0, 0.05) is 26.1 Å². The average molecular weight is 807 g/mol. The van der Waals surface area contributed by atoms with Crippen molar-refractivity contribution < 1.29 is 33.4 Å². The van der Waals surface area contributed by atoms with Gasteiger partial charge in [0.2, 0.25) is 5.91 Å². The lowest BCUT2D eigenvalue weighted by atomic mass is 9.94. The number of rotatable bonds is 40. The van der Waals surface area contributed by atoms with Gasteiger partial charge < -0.3 is 24.4 Å². The number of nitrogens with zero attached hydrogens (tertiary/aromatic N) is 1. The summed E-state index contributed by atoms with van der Waals surface area (Å²) in [6, 6.07) is 0. The standard InChI is InChI=1S/C48H90N2O7/c1-6-11-15-19-21-26-32-42(30-24-17-13-8-3)47(53)56-39-41(38-55-45(51)34-28-23-29-35-50-36-44(37-50)46(52)49-10-5)40-57-48(54)43(31-25-18-14-9-4)33-27-22-20-16-12-7-2/h41-44H,6-40H2,1-5H3,(H,49,52). The number of hydrogen-bond acceptors (Lipinski definition) is 8. The van der Waals surface area contributed by atoms with Crippen LogP contribution in [-0.2, 0) is 33.4 Å². The molecule has 0 aromatic heterocycles. The summed E-state index contributed by atoms with van der Waals surface area (Å²) in [4.78, 5) is 54.2. The molecule has 2 unspecified atom stereocenters. The predicted octanol–water partition coefficient (Wildman–Crippen LogP) is 11.5. The van der Waals surface area contributed by atoms with Gasteiger partial charge in [0.1, 0.15) is 19.8 Å². The highest BCUT2D eigenvalue weighted by molar-refractivity contribution is 5.80. The van der Waals surface area contributed by atoms with Crippen molar-refractivity contribution in [1.82, 2.24) is 10.2 Å². The molecule has 9 nitrogen and oxygen atoms in total. The van der Waals surface area contributed by atoms with Gasteiger partial charge in [-0.1, -0.05) is 163 Å². The molecule has 57 heavy (non-hydrogen) atoms. The summed E-state index contributed by atoms with van der Waals surface area (Å²) in [6.45, 7) is 14.2. The summed E-state index contributed by atoms with van der Waals surface area (Å²) >= 11 is 0. The van der Waals surface area contributed by atoms with Gasteiger partial charge in [0.25, 0.3) is 0 Å². The maximum atomic E-state index is 13.5. The van der Waals surface area contributed by atoms with Gasteiger partial charge in [-0.15, -0.1) is 0 Å². The molecular formula is C48H90N2O7. The third kappa shape index (κ3) is 28.0. The Morgan fingerprint density at radius 2 is 0.895 bits per heavy atom. The van der Waals surface area contributed by atoms with Gasteiger partial charge in [-0.05, 0) is 52.0 Å². The van der Waals surface area contributed by atoms with Crippen LogP contribution in [0.1, 0.15) is 214 Å². The lowest BCUT2D eigenvalue weighted by Crippen LogP contribution is -2.53. The number of unbranched alkanes of at least 4 members (excludes halogenated alkanes) is 18. The van der Waals surface area contributed by atoms with Crippen molar-refractivity contribution >= 4 is 23.8 Å². The molecule has 334 valence electrons. The van der Waals surface area contributed by atoms with E-state index >= 15 is 0 Å². The number of carbonyl (C=O) groups excluding carboxylic acids is 4. The van der Waals surface area contributed by atoms with Crippen molar-refractivity contribution in [1.29, 1.82) is 0 Å². The Kier molecular flexibility index (Phi) is 34.2. The van der Waals surface area contributed by atoms with E-state index < -0.39 is 5.92 Å². The number of nitrogens with one attached hydrogen (secondary N) is 1. The van der Waals surface area contributed by atoms with Crippen LogP contribution in [0.15, 0.2) is 0 Å². The number of amides is 1. The minimum Gasteiger partial charge on any atom is -0.465 e. The zero-order chi connectivity index (χ0) is 41.8. The van der Waals surface area contributed by atoms with E-state index in [1.807, 2.05) is 6.92 Å². The first-order chi connectivity index (χ1) is 27.8. The molecule has 0 spiro atoms. The number of ether oxygens (including phenoxy) is 3. The van der Waals surface area contributed by atoms with Crippen LogP contribution < -0.4 is 5.32 Å². The molecule has 1 N–H and O–H groups in total. The second kappa shape index (κ2) is 36.9. The monoisotopic (exact) mass is 807 g/mol. The fourth-order valence-electron chi connectivity index (χ4n) is 7.82. The second-order valence-electron chi connectivity index (χ2n) is 17.2. The Hall–Kier alpha value is -2.16. The molecule has 0 aromatic carbocycles. The highest BCUT2D eigenvalue weighted by atomic mass is 16.6. The van der Waals surface area contributed by atoms with Gasteiger partial charge in [-0.2, -0.15) is 0 Å². The van der Waals surface area contributed by atoms with Crippen LogP contribution in [0.25, 0.3) is 0 Å². The zero-order valence-electron chi connectivity index (χ0n) is 37.9. The summed E-state index contributed by atoms with van der Waals surface area (Å²) in [7, 11) is 0. The Morgan fingerprint density at radius 1 is 0.509 bits per heavy atom. The van der Waals surface area contributed by atoms with Gasteiger partial charge in [-0.25, -0.2) is 0 Å². The van der Waals surface area contributed by atoms with Gasteiger partial charge in [0.15, 0.2) is 0 Å². The van der Waals surface area contributed by atoms with Crippen LogP contribution >= 0.6 is 0 Å². The average Bonchev–Trinajstić information content (AvgIpc) is 3.19. The molecule has 0 aliphatic carbocycles. The minimum atomic E-state index is -0.407. The van der Waals surface area contributed by atoms with Crippen LogP contribution in [0.2, 0.25) is 0 Å². The molecule has 0 aromatic rings. The Morgan fingerprint density at radius 3 is 1.33 bits per heavy atom. The van der Waals surface area contributed by atoms with Crippen molar-refractivity contribution in [2.24, 2.45) is 23.7 Å². The fourth-order valence-corrected chi connectivity index (χ4v) is 7.82. The Labute approximate surface area is 350 Å². The van der Waals surface area contributed by atoms with Crippen molar-refractivity contribution in [3.05, 3.63) is 0 Å². The molecular weight excluding hydrogens is 717 g/mol. The third-order valence-corrected chi connectivity index (χ3v) is 11.7. The number of carbonyl (C=O) groups is 4. The molecule has 2 atom stereocenters. The van der Waals surface area contributed by atoms with E-state index in [4.69, 9.17) is 14.2 Å². The highest BCUT2D eigenvalue weighted by Crippen LogP contribution is 2.23. The SMILES string of the molecule is CCCCCCCCC(CCCCCC)C(=O)OCC(COC(=O)CCCCCN1CC(C(=O)NCC)C1)COC(=O)C(CCCCCC)CCCCCCCC. The topological polar surface area (TPSA) is 111 Å². The number of hydrogen-bond donors (Lipinski definition) is 1. The molecule has 1 aliphatic rings. The summed E-state index contributed by atoms with van der Waals surface area (Å²) in [6.07, 6.45) is 29.5. The molecule has 0 radical (unpaired) electrons. The predicted molar refractivity (Wildman–Crippen MR) is 234 cm³/mol. The molecule has 0 saturated carbocycles. The lowest BCUT2D eigenvalue weighted by Gasteiger charge is -2.38. The summed E-state index contributed by atoms with van der Waals surface area (Å²) in [5.41, 5.74) is 0. The van der Waals surface area contributed by atoms with Crippen LogP contribution in [0.3, 0.4) is 0 Å². The minimum absolute atomic E-state index is 0.0611. The first-order valence-corrected chi connectivity index (χ1v) is 24.3. The van der Waals surface area contributed by atoms with Gasteiger partial charge in [-0.3, -0.25) is 19.2 Å². The van der Waals surface area contributed by atoms with Gasteiger partial charge in [0.05, 0.1) is 23.7 Å². The van der Waals surface area contributed by atoms with E-state index in [2.05, 4.69) is 37.9 Å². The van der Waals surface area contributed by atoms with E-state index in [0.29, 0.717) is 13.0 Å². The first-order valence-electron chi connectivity index (χ1n) is 24.3. The van der Waals surface area contributed by atoms with E-state index in [9.17, 15) is 19.2 Å². The highest BCUT2D eigenvalue weighted by Gasteiger charge is 2.31. The van der Waals surface area contributed by atoms with Crippen LogP contribution in [-0.4, -0.2) is 74.7 Å². The van der Waals surface area contributed by atoms with Crippen molar-refractivity contribution in [2.75, 3.05) is 46.0 Å². The van der Waals surface area contributed by atoms with Crippen LogP contribution in [0.4, 0.5) is 0 Å². The molecule has 1 heterocycles. The Bertz CT molecular complexity index is 953. The zero-order valence-corrected chi connectivity index (χ0v) is 37.9. The lowest BCUT2D eigenvalue weighted by molar-refractivity contribution is -0.158. The van der Waals surface area contributed by atoms with Crippen LogP contribution in [0, 0.1) is 23.7 Å². The summed E-state index contributed by atoms with van der Waals surface area (Å²) < 4.78 is 17.7. The van der Waals surface area contributed by atoms with E-state index in [1.165, 1.54) is 64.2 Å². The third-order valence-electron chi connectivity index (χ3n) is 11.7. The van der Waals surface area contributed by atoms with E-state index in [1.54, 1.807) is 0 Å². The molecule has 1 aliphatic heterocycles. The van der Waals surface area contributed by atoms with Crippen molar-refractivity contribution in [3.63, 3.8) is 0 Å². The number of esters is 3. The molecule has 1 fully saturated rings. The van der Waals surface area contributed by atoms with Crippen molar-refractivity contribution in [3.8, 4) is 0 Å². The summed E-state index contributed by atoms with van der Waals surface area (Å²) in [5, 5.41) is 2.90. The normalized spacial score (nSPS) is 14.8. The smallest absolute Gasteiger partial charge is 0.308 e. The largest absolute Gasteiger partial charge is 0.465 e. The number of likely N-dealkylation sites (tertiary alicyclic amines) is 1. The molecule has 9 heteroatoms. The van der Waals surface area contributed by atoms with Crippen molar-refractivity contribution in [2.45, 2.75) is 214 Å². The maximum Gasteiger partial charge on any atom is 0.308 e. The fraction of sp³-hybridized carbons (Fsp3) is 0.917. The molecule has 1 rings (SSSR count). The van der Waals surface area contributed by atoms with Crippen LogP contribution in [0.5, 0.6) is 0 Å². The Balaban J connectivity index is 2.78. The molecule has 1 saturated heterocycles. The quantitative estimate of drug-likeness (QED) is 0.0370. The first kappa shape index (κ1) is 52.9. The van der Waals surface area contributed by atoms with Gasteiger partial charge >= 0.3 is 17.9 Å². The summed E-state index contributed by atoms with van der Waals surface area (Å²) in [5.74, 6) is -1.02. The van der Waals surface area contributed by atoms with E-state index in [0.717, 1.165) is 129 Å². The van der Waals surface area contributed by atoms with E-state index in [-0.39, 0.29) is 61.4 Å². The molecule has 0 bridgehead atoms. The maximum absolute atomic E-state index is 13.5.